The third kappa shape index (κ3) is 9.22. The van der Waals surface area contributed by atoms with E-state index in [4.69, 9.17) is 10.2 Å². The molecule has 0 heterocycles. The minimum atomic E-state index is -3.38. The Kier molecular flexibility index (Phi) is 8.03. The maximum atomic E-state index is 11.2. The molecule has 1 atom stereocenters. The normalized spacial score (nSPS) is 12.7. The number of carboxylic acids is 1. The van der Waals surface area contributed by atoms with Gasteiger partial charge in [0.2, 0.25) is 10.0 Å². The lowest BCUT2D eigenvalue weighted by atomic mass is 10.2. The predicted octanol–water partition coefficient (Wildman–Crippen LogP) is -1.94. The number of hydrogen-bond donors (Lipinski definition) is 5. The number of carbonyl (C=O) groups excluding carboxylic acids is 1. The first-order valence-electron chi connectivity index (χ1n) is 5.68. The number of aliphatic carboxylic acids is 1. The van der Waals surface area contributed by atoms with Crippen LogP contribution in [0.3, 0.4) is 0 Å². The van der Waals surface area contributed by atoms with E-state index in [-0.39, 0.29) is 31.8 Å². The van der Waals surface area contributed by atoms with Crippen molar-refractivity contribution >= 4 is 22.0 Å². The minimum absolute atomic E-state index is 0.0285. The molecule has 0 rings (SSSR count). The summed E-state index contributed by atoms with van der Waals surface area (Å²) in [6.07, 6.45) is -1.66. The quantitative estimate of drug-likeness (QED) is 0.335. The number of sulfonamides is 1. The third-order valence-corrected chi connectivity index (χ3v) is 3.48. The summed E-state index contributed by atoms with van der Waals surface area (Å²) >= 11 is 0. The van der Waals surface area contributed by atoms with Gasteiger partial charge < -0.3 is 20.8 Å². The molecule has 2 amide bonds. The molecule has 0 saturated carbocycles. The van der Waals surface area contributed by atoms with Gasteiger partial charge in [-0.05, 0) is 0 Å². The number of aliphatic hydroxyl groups excluding tert-OH is 1. The molecule has 0 aliphatic rings. The van der Waals surface area contributed by atoms with Crippen molar-refractivity contribution in [3.8, 4) is 0 Å². The Morgan fingerprint density at radius 2 is 1.79 bits per heavy atom. The second-order valence-electron chi connectivity index (χ2n) is 3.64. The number of amides is 2. The zero-order valence-electron chi connectivity index (χ0n) is 10.5. The summed E-state index contributed by atoms with van der Waals surface area (Å²) in [5.41, 5.74) is 0. The Bertz CT molecular complexity index is 397. The lowest BCUT2D eigenvalue weighted by Gasteiger charge is -2.09. The highest BCUT2D eigenvalue weighted by molar-refractivity contribution is 7.89. The second-order valence-corrected chi connectivity index (χ2v) is 5.57. The summed E-state index contributed by atoms with van der Waals surface area (Å²) in [5.74, 6) is -1.61. The number of carboxylic acid groups (broad SMARTS) is 1. The maximum Gasteiger partial charge on any atom is 0.332 e. The van der Waals surface area contributed by atoms with E-state index in [0.717, 1.165) is 0 Å². The molecule has 112 valence electrons. The molecule has 0 spiro atoms. The highest BCUT2D eigenvalue weighted by atomic mass is 32.2. The summed E-state index contributed by atoms with van der Waals surface area (Å²) in [5, 5.41) is 21.9. The van der Waals surface area contributed by atoms with Crippen LogP contribution in [0.15, 0.2) is 0 Å². The molecular weight excluding hydrogens is 278 g/mol. The Morgan fingerprint density at radius 1 is 1.21 bits per heavy atom. The van der Waals surface area contributed by atoms with Gasteiger partial charge >= 0.3 is 12.0 Å². The van der Waals surface area contributed by atoms with E-state index in [2.05, 4.69) is 15.4 Å². The number of hydrogen-bond acceptors (Lipinski definition) is 5. The van der Waals surface area contributed by atoms with E-state index < -0.39 is 28.1 Å². The van der Waals surface area contributed by atoms with Crippen molar-refractivity contribution in [3.05, 3.63) is 0 Å². The van der Waals surface area contributed by atoms with E-state index in [1.807, 2.05) is 0 Å². The summed E-state index contributed by atoms with van der Waals surface area (Å²) in [4.78, 5) is 21.4. The van der Waals surface area contributed by atoms with Crippen LogP contribution in [0.4, 0.5) is 4.79 Å². The van der Waals surface area contributed by atoms with Crippen molar-refractivity contribution in [2.45, 2.75) is 19.4 Å². The largest absolute Gasteiger partial charge is 0.479 e. The number of urea groups is 1. The first kappa shape index (κ1) is 17.6. The van der Waals surface area contributed by atoms with Crippen LogP contribution in [0, 0.1) is 0 Å². The summed E-state index contributed by atoms with van der Waals surface area (Å²) in [6.45, 7) is 1.83. The van der Waals surface area contributed by atoms with E-state index in [1.165, 1.54) is 0 Å². The predicted molar refractivity (Wildman–Crippen MR) is 67.1 cm³/mol. The minimum Gasteiger partial charge on any atom is -0.479 e. The molecule has 0 aromatic carbocycles. The number of nitrogens with one attached hydrogen (secondary N) is 3. The highest BCUT2D eigenvalue weighted by Gasteiger charge is 2.13. The van der Waals surface area contributed by atoms with Gasteiger partial charge in [0.05, 0.1) is 5.75 Å². The van der Waals surface area contributed by atoms with E-state index in [9.17, 15) is 18.0 Å². The van der Waals surface area contributed by atoms with Gasteiger partial charge in [-0.25, -0.2) is 22.7 Å². The first-order chi connectivity index (χ1) is 8.78. The van der Waals surface area contributed by atoms with Crippen molar-refractivity contribution in [2.75, 3.05) is 25.4 Å². The lowest BCUT2D eigenvalue weighted by Crippen LogP contribution is -2.41. The SMILES string of the molecule is CCNS(=O)(=O)CCNC(=O)NCC[C@H](O)C(=O)O. The van der Waals surface area contributed by atoms with Crippen LogP contribution in [0.2, 0.25) is 0 Å². The monoisotopic (exact) mass is 297 g/mol. The molecular formula is C9H19N3O6S. The van der Waals surface area contributed by atoms with Gasteiger partial charge in [0.15, 0.2) is 6.10 Å². The molecule has 19 heavy (non-hydrogen) atoms. The molecule has 0 aromatic rings. The first-order valence-corrected chi connectivity index (χ1v) is 7.33. The van der Waals surface area contributed by atoms with Gasteiger partial charge in [-0.2, -0.15) is 0 Å². The van der Waals surface area contributed by atoms with Crippen LogP contribution in [0.25, 0.3) is 0 Å². The fourth-order valence-electron chi connectivity index (χ4n) is 1.10. The summed E-state index contributed by atoms with van der Waals surface area (Å²) in [6, 6.07) is -0.621. The van der Waals surface area contributed by atoms with E-state index in [0.29, 0.717) is 0 Å². The molecule has 0 unspecified atom stereocenters. The zero-order valence-corrected chi connectivity index (χ0v) is 11.4. The molecule has 0 saturated heterocycles. The van der Waals surface area contributed by atoms with E-state index >= 15 is 0 Å². The van der Waals surface area contributed by atoms with Crippen LogP contribution in [-0.4, -0.2) is 62.1 Å². The van der Waals surface area contributed by atoms with Gasteiger partial charge in [0.25, 0.3) is 0 Å². The van der Waals surface area contributed by atoms with Crippen molar-refractivity contribution in [3.63, 3.8) is 0 Å². The van der Waals surface area contributed by atoms with Crippen LogP contribution < -0.4 is 15.4 Å². The smallest absolute Gasteiger partial charge is 0.332 e. The lowest BCUT2D eigenvalue weighted by molar-refractivity contribution is -0.146. The van der Waals surface area contributed by atoms with Gasteiger partial charge in [-0.3, -0.25) is 0 Å². The molecule has 5 N–H and O–H groups in total. The zero-order chi connectivity index (χ0) is 14.9. The summed E-state index contributed by atoms with van der Waals surface area (Å²) < 4.78 is 24.7. The van der Waals surface area contributed by atoms with E-state index in [1.54, 1.807) is 6.92 Å². The van der Waals surface area contributed by atoms with Crippen LogP contribution in [0.1, 0.15) is 13.3 Å². The fourth-order valence-corrected chi connectivity index (χ4v) is 2.05. The van der Waals surface area contributed by atoms with Crippen LogP contribution in [-0.2, 0) is 14.8 Å². The molecule has 0 bridgehead atoms. The average Bonchev–Trinajstić information content (AvgIpc) is 2.28. The van der Waals surface area contributed by atoms with Crippen molar-refractivity contribution < 1.29 is 28.2 Å². The number of rotatable bonds is 9. The maximum absolute atomic E-state index is 11.2. The molecule has 0 aliphatic carbocycles. The molecule has 0 radical (unpaired) electrons. The molecule has 0 aliphatic heterocycles. The fraction of sp³-hybridized carbons (Fsp3) is 0.778. The Morgan fingerprint density at radius 3 is 2.32 bits per heavy atom. The average molecular weight is 297 g/mol. The van der Waals surface area contributed by atoms with Gasteiger partial charge in [-0.1, -0.05) is 6.92 Å². The van der Waals surface area contributed by atoms with Crippen LogP contribution >= 0.6 is 0 Å². The van der Waals surface area contributed by atoms with Crippen molar-refractivity contribution in [2.24, 2.45) is 0 Å². The molecule has 10 heteroatoms. The Labute approximate surface area is 111 Å². The van der Waals surface area contributed by atoms with Crippen molar-refractivity contribution in [1.82, 2.24) is 15.4 Å². The Balaban J connectivity index is 3.74. The Hall–Kier alpha value is -1.39. The third-order valence-electron chi connectivity index (χ3n) is 2.01. The standard InChI is InChI=1S/C9H19N3O6S/c1-2-12-19(17,18)6-5-11-9(16)10-4-3-7(13)8(14)15/h7,12-13H,2-6H2,1H3,(H,14,15)(H2,10,11,16)/t7-/m0/s1. The number of carbonyl (C=O) groups is 2. The van der Waals surface area contributed by atoms with Gasteiger partial charge in [-0.15, -0.1) is 0 Å². The molecule has 9 nitrogen and oxygen atoms in total. The molecule has 0 fully saturated rings. The summed E-state index contributed by atoms with van der Waals surface area (Å²) in [7, 11) is -3.38. The van der Waals surface area contributed by atoms with Crippen molar-refractivity contribution in [1.29, 1.82) is 0 Å². The van der Waals surface area contributed by atoms with Gasteiger partial charge in [0.1, 0.15) is 0 Å². The highest BCUT2D eigenvalue weighted by Crippen LogP contribution is 1.89. The topological polar surface area (TPSA) is 145 Å². The van der Waals surface area contributed by atoms with Gasteiger partial charge in [0, 0.05) is 26.1 Å². The van der Waals surface area contributed by atoms with Crippen LogP contribution in [0.5, 0.6) is 0 Å². The second kappa shape index (κ2) is 8.67. The number of aliphatic hydroxyl groups is 1. The molecule has 0 aromatic heterocycles.